The van der Waals surface area contributed by atoms with E-state index in [0.717, 1.165) is 30.2 Å². The van der Waals surface area contributed by atoms with Gasteiger partial charge >= 0.3 is 0 Å². The first-order chi connectivity index (χ1) is 7.71. The maximum Gasteiger partial charge on any atom is 0.129 e. The smallest absolute Gasteiger partial charge is 0.129 e. The SMILES string of the molecule is CCN(CCOC)c1cc(CO)cc(C)n1. The monoisotopic (exact) mass is 224 g/mol. The largest absolute Gasteiger partial charge is 0.392 e. The molecule has 90 valence electrons. The summed E-state index contributed by atoms with van der Waals surface area (Å²) in [5, 5.41) is 9.15. The molecule has 0 fully saturated rings. The second-order valence-electron chi connectivity index (χ2n) is 3.71. The van der Waals surface area contributed by atoms with Crippen LogP contribution in [-0.2, 0) is 11.3 Å². The van der Waals surface area contributed by atoms with Crippen LogP contribution >= 0.6 is 0 Å². The van der Waals surface area contributed by atoms with E-state index in [1.165, 1.54) is 0 Å². The van der Waals surface area contributed by atoms with E-state index in [1.54, 1.807) is 7.11 Å². The predicted molar refractivity (Wildman–Crippen MR) is 64.7 cm³/mol. The molecule has 1 N–H and O–H groups in total. The van der Waals surface area contributed by atoms with Gasteiger partial charge in [0.1, 0.15) is 5.82 Å². The van der Waals surface area contributed by atoms with Crippen molar-refractivity contribution in [2.24, 2.45) is 0 Å². The molecule has 0 radical (unpaired) electrons. The summed E-state index contributed by atoms with van der Waals surface area (Å²) in [5.74, 6) is 0.906. The molecule has 1 aromatic rings. The van der Waals surface area contributed by atoms with Gasteiger partial charge in [0.25, 0.3) is 0 Å². The Morgan fingerprint density at radius 3 is 2.75 bits per heavy atom. The van der Waals surface area contributed by atoms with Gasteiger partial charge in [-0.3, -0.25) is 0 Å². The molecule has 4 heteroatoms. The number of likely N-dealkylation sites (N-methyl/N-ethyl adjacent to an activating group) is 1. The fourth-order valence-corrected chi connectivity index (χ4v) is 1.61. The third-order valence-corrected chi connectivity index (χ3v) is 2.45. The van der Waals surface area contributed by atoms with Crippen molar-refractivity contribution in [3.63, 3.8) is 0 Å². The van der Waals surface area contributed by atoms with E-state index in [-0.39, 0.29) is 6.61 Å². The number of hydrogen-bond donors (Lipinski definition) is 1. The summed E-state index contributed by atoms with van der Waals surface area (Å²) in [4.78, 5) is 6.60. The Bertz CT molecular complexity index is 329. The van der Waals surface area contributed by atoms with Crippen molar-refractivity contribution in [1.82, 2.24) is 4.98 Å². The number of methoxy groups -OCH3 is 1. The quantitative estimate of drug-likeness (QED) is 0.792. The summed E-state index contributed by atoms with van der Waals surface area (Å²) >= 11 is 0. The fraction of sp³-hybridized carbons (Fsp3) is 0.583. The van der Waals surface area contributed by atoms with Crippen LogP contribution in [0.3, 0.4) is 0 Å². The van der Waals surface area contributed by atoms with Crippen molar-refractivity contribution in [3.8, 4) is 0 Å². The van der Waals surface area contributed by atoms with Crippen LogP contribution in [0.25, 0.3) is 0 Å². The second-order valence-corrected chi connectivity index (χ2v) is 3.71. The molecule has 1 heterocycles. The number of hydrogen-bond acceptors (Lipinski definition) is 4. The lowest BCUT2D eigenvalue weighted by molar-refractivity contribution is 0.205. The number of aromatic nitrogens is 1. The van der Waals surface area contributed by atoms with E-state index >= 15 is 0 Å². The average molecular weight is 224 g/mol. The van der Waals surface area contributed by atoms with Gasteiger partial charge in [-0.15, -0.1) is 0 Å². The summed E-state index contributed by atoms with van der Waals surface area (Å²) in [6, 6.07) is 3.82. The molecule has 0 aliphatic rings. The highest BCUT2D eigenvalue weighted by molar-refractivity contribution is 5.42. The van der Waals surface area contributed by atoms with Crippen LogP contribution in [0.4, 0.5) is 5.82 Å². The van der Waals surface area contributed by atoms with Gasteiger partial charge in [0, 0.05) is 25.9 Å². The van der Waals surface area contributed by atoms with Crippen LogP contribution in [0.2, 0.25) is 0 Å². The maximum atomic E-state index is 9.15. The lowest BCUT2D eigenvalue weighted by Crippen LogP contribution is -2.27. The number of aliphatic hydroxyl groups excluding tert-OH is 1. The molecule has 0 saturated carbocycles. The minimum Gasteiger partial charge on any atom is -0.392 e. The van der Waals surface area contributed by atoms with E-state index in [4.69, 9.17) is 9.84 Å². The molecular formula is C12H20N2O2. The van der Waals surface area contributed by atoms with Gasteiger partial charge in [-0.25, -0.2) is 4.98 Å². The normalized spacial score (nSPS) is 10.5. The second kappa shape index (κ2) is 6.45. The number of aryl methyl sites for hydroxylation is 1. The highest BCUT2D eigenvalue weighted by atomic mass is 16.5. The zero-order chi connectivity index (χ0) is 12.0. The zero-order valence-electron chi connectivity index (χ0n) is 10.2. The Morgan fingerprint density at radius 1 is 1.44 bits per heavy atom. The molecule has 0 saturated heterocycles. The van der Waals surface area contributed by atoms with E-state index in [9.17, 15) is 0 Å². The zero-order valence-corrected chi connectivity index (χ0v) is 10.2. The summed E-state index contributed by atoms with van der Waals surface area (Å²) in [6.45, 7) is 6.44. The Kier molecular flexibility index (Phi) is 5.22. The third-order valence-electron chi connectivity index (χ3n) is 2.45. The van der Waals surface area contributed by atoms with Gasteiger partial charge in [-0.05, 0) is 31.5 Å². The molecule has 0 atom stereocenters. The predicted octanol–water partition coefficient (Wildman–Crippen LogP) is 1.36. The maximum absolute atomic E-state index is 9.15. The number of rotatable bonds is 6. The molecule has 0 aromatic carbocycles. The molecule has 4 nitrogen and oxygen atoms in total. The molecular weight excluding hydrogens is 204 g/mol. The van der Waals surface area contributed by atoms with Gasteiger partial charge in [0.15, 0.2) is 0 Å². The number of ether oxygens (including phenoxy) is 1. The molecule has 0 unspecified atom stereocenters. The van der Waals surface area contributed by atoms with Crippen LogP contribution in [0.5, 0.6) is 0 Å². The van der Waals surface area contributed by atoms with Crippen molar-refractivity contribution < 1.29 is 9.84 Å². The van der Waals surface area contributed by atoms with E-state index in [1.807, 2.05) is 19.1 Å². The third kappa shape index (κ3) is 3.47. The molecule has 0 aliphatic carbocycles. The van der Waals surface area contributed by atoms with Gasteiger partial charge in [-0.2, -0.15) is 0 Å². The van der Waals surface area contributed by atoms with Crippen LogP contribution in [-0.4, -0.2) is 36.9 Å². The van der Waals surface area contributed by atoms with Crippen LogP contribution in [0, 0.1) is 6.92 Å². The Morgan fingerprint density at radius 2 is 2.19 bits per heavy atom. The Balaban J connectivity index is 2.86. The molecule has 1 rings (SSSR count). The number of aliphatic hydroxyl groups is 1. The first-order valence-corrected chi connectivity index (χ1v) is 5.53. The van der Waals surface area contributed by atoms with Crippen molar-refractivity contribution in [3.05, 3.63) is 23.4 Å². The van der Waals surface area contributed by atoms with Crippen LogP contribution < -0.4 is 4.90 Å². The molecule has 0 amide bonds. The van der Waals surface area contributed by atoms with Crippen molar-refractivity contribution in [2.75, 3.05) is 31.7 Å². The van der Waals surface area contributed by atoms with Crippen molar-refractivity contribution in [2.45, 2.75) is 20.5 Å². The lowest BCUT2D eigenvalue weighted by Gasteiger charge is -2.22. The van der Waals surface area contributed by atoms with Gasteiger partial charge < -0.3 is 14.7 Å². The highest BCUT2D eigenvalue weighted by Gasteiger charge is 2.07. The molecule has 0 aliphatic heterocycles. The number of nitrogens with zero attached hydrogens (tertiary/aromatic N) is 2. The van der Waals surface area contributed by atoms with Crippen LogP contribution in [0.1, 0.15) is 18.2 Å². The Labute approximate surface area is 96.9 Å². The Hall–Kier alpha value is -1.13. The lowest BCUT2D eigenvalue weighted by atomic mass is 10.2. The van der Waals surface area contributed by atoms with Gasteiger partial charge in [0.05, 0.1) is 13.2 Å². The van der Waals surface area contributed by atoms with Crippen molar-refractivity contribution >= 4 is 5.82 Å². The summed E-state index contributed by atoms with van der Waals surface area (Å²) < 4.78 is 5.06. The number of pyridine rings is 1. The van der Waals surface area contributed by atoms with Crippen molar-refractivity contribution in [1.29, 1.82) is 0 Å². The first kappa shape index (κ1) is 12.9. The fourth-order valence-electron chi connectivity index (χ4n) is 1.61. The van der Waals surface area contributed by atoms with Gasteiger partial charge in [0.2, 0.25) is 0 Å². The molecule has 16 heavy (non-hydrogen) atoms. The van der Waals surface area contributed by atoms with E-state index in [2.05, 4.69) is 16.8 Å². The highest BCUT2D eigenvalue weighted by Crippen LogP contribution is 2.14. The minimum absolute atomic E-state index is 0.0538. The summed E-state index contributed by atoms with van der Waals surface area (Å²) in [6.07, 6.45) is 0. The van der Waals surface area contributed by atoms with E-state index < -0.39 is 0 Å². The molecule has 0 bridgehead atoms. The van der Waals surface area contributed by atoms with Gasteiger partial charge in [-0.1, -0.05) is 0 Å². The summed E-state index contributed by atoms with van der Waals surface area (Å²) in [5.41, 5.74) is 1.83. The topological polar surface area (TPSA) is 45.6 Å². The standard InChI is InChI=1S/C12H20N2O2/c1-4-14(5-6-16-3)12-8-11(9-15)7-10(2)13-12/h7-8,15H,4-6,9H2,1-3H3. The first-order valence-electron chi connectivity index (χ1n) is 5.53. The average Bonchev–Trinajstić information content (AvgIpc) is 2.29. The minimum atomic E-state index is 0.0538. The summed E-state index contributed by atoms with van der Waals surface area (Å²) in [7, 11) is 1.69. The van der Waals surface area contributed by atoms with E-state index in [0.29, 0.717) is 6.61 Å². The number of anilines is 1. The molecule has 0 spiro atoms. The van der Waals surface area contributed by atoms with Crippen LogP contribution in [0.15, 0.2) is 12.1 Å². The molecule has 1 aromatic heterocycles.